The minimum atomic E-state index is 1.09. The third kappa shape index (κ3) is 9.04. The lowest BCUT2D eigenvalue weighted by Gasteiger charge is -1.86. The van der Waals surface area contributed by atoms with Crippen LogP contribution in [0.1, 0.15) is 13.8 Å². The van der Waals surface area contributed by atoms with Gasteiger partial charge >= 0.3 is 0 Å². The molecule has 0 saturated carbocycles. The average molecular weight is 153 g/mol. The molecule has 0 aliphatic carbocycles. The lowest BCUT2D eigenvalue weighted by molar-refractivity contribution is 0.762. The molecule has 0 unspecified atom stereocenters. The van der Waals surface area contributed by atoms with Gasteiger partial charge in [0.1, 0.15) is 6.33 Å². The van der Waals surface area contributed by atoms with Gasteiger partial charge in [-0.3, -0.25) is 0 Å². The van der Waals surface area contributed by atoms with Gasteiger partial charge in [0.05, 0.1) is 0 Å². The normalized spacial score (nSPS) is 8.18. The number of rotatable bonds is 2. The molecule has 62 valence electrons. The van der Waals surface area contributed by atoms with Gasteiger partial charge in [-0.05, 0) is 19.2 Å². The zero-order chi connectivity index (χ0) is 8.36. The highest BCUT2D eigenvalue weighted by molar-refractivity contribution is 4.74. The van der Waals surface area contributed by atoms with E-state index in [2.05, 4.69) is 29.1 Å². The maximum Gasteiger partial charge on any atom is 0.115 e. The number of hydrogen-bond acceptors (Lipinski definition) is 3. The minimum Gasteiger partial charge on any atom is -0.317 e. The topological polar surface area (TPSA) is 37.8 Å². The Bertz CT molecular complexity index is 113. The molecular weight excluding hydrogens is 138 g/mol. The standard InChI is InChI=1S/C4H4N2.C4H11N/c1-2-5-4-6-3-1;1-3-5-4-2/h1-4H;5H,3-4H2,1-2H3. The summed E-state index contributed by atoms with van der Waals surface area (Å²) in [5.41, 5.74) is 0. The summed E-state index contributed by atoms with van der Waals surface area (Å²) < 4.78 is 0. The van der Waals surface area contributed by atoms with Gasteiger partial charge in [-0.2, -0.15) is 0 Å². The van der Waals surface area contributed by atoms with Crippen molar-refractivity contribution in [3.05, 3.63) is 24.8 Å². The predicted octanol–water partition coefficient (Wildman–Crippen LogP) is 1.09. The van der Waals surface area contributed by atoms with Gasteiger partial charge in [-0.25, -0.2) is 9.97 Å². The highest BCUT2D eigenvalue weighted by Gasteiger charge is 1.62. The van der Waals surface area contributed by atoms with Crippen LogP contribution in [0, 0.1) is 0 Å². The number of nitrogens with zero attached hydrogens (tertiary/aromatic N) is 2. The molecule has 0 amide bonds. The van der Waals surface area contributed by atoms with Gasteiger partial charge in [-0.15, -0.1) is 0 Å². The fourth-order valence-electron chi connectivity index (χ4n) is 0.503. The first-order valence-electron chi connectivity index (χ1n) is 3.82. The minimum absolute atomic E-state index is 1.09. The Morgan fingerprint density at radius 1 is 1.09 bits per heavy atom. The smallest absolute Gasteiger partial charge is 0.115 e. The SMILES string of the molecule is CCNCC.c1cncnc1. The Kier molecular flexibility index (Phi) is 8.25. The van der Waals surface area contributed by atoms with E-state index in [0.717, 1.165) is 13.1 Å². The van der Waals surface area contributed by atoms with Crippen molar-refractivity contribution in [3.8, 4) is 0 Å². The molecule has 1 aromatic rings. The van der Waals surface area contributed by atoms with E-state index >= 15 is 0 Å². The summed E-state index contributed by atoms with van der Waals surface area (Å²) in [6, 6.07) is 1.78. The van der Waals surface area contributed by atoms with Crippen LogP contribution in [0.4, 0.5) is 0 Å². The van der Waals surface area contributed by atoms with Crippen LogP contribution in [0.25, 0.3) is 0 Å². The summed E-state index contributed by atoms with van der Waals surface area (Å²) in [4.78, 5) is 7.35. The number of nitrogens with one attached hydrogen (secondary N) is 1. The van der Waals surface area contributed by atoms with Crippen molar-refractivity contribution in [1.82, 2.24) is 15.3 Å². The van der Waals surface area contributed by atoms with E-state index in [0.29, 0.717) is 0 Å². The second kappa shape index (κ2) is 9.04. The van der Waals surface area contributed by atoms with Crippen molar-refractivity contribution in [3.63, 3.8) is 0 Å². The van der Waals surface area contributed by atoms with Crippen LogP contribution in [0.3, 0.4) is 0 Å². The largest absolute Gasteiger partial charge is 0.317 e. The molecule has 1 aromatic heterocycles. The molecule has 0 bridgehead atoms. The molecule has 3 heteroatoms. The second-order valence-corrected chi connectivity index (χ2v) is 1.86. The molecule has 1 rings (SSSR count). The maximum absolute atomic E-state index is 3.67. The van der Waals surface area contributed by atoms with Crippen LogP contribution in [-0.2, 0) is 0 Å². The van der Waals surface area contributed by atoms with E-state index in [1.165, 1.54) is 6.33 Å². The third-order valence-electron chi connectivity index (χ3n) is 0.978. The lowest BCUT2D eigenvalue weighted by atomic mass is 10.7. The summed E-state index contributed by atoms with van der Waals surface area (Å²) >= 11 is 0. The molecule has 0 aliphatic rings. The van der Waals surface area contributed by atoms with E-state index in [-0.39, 0.29) is 0 Å². The number of hydrogen-bond donors (Lipinski definition) is 1. The van der Waals surface area contributed by atoms with Gasteiger partial charge in [0.15, 0.2) is 0 Å². The highest BCUT2D eigenvalue weighted by atomic mass is 14.8. The predicted molar refractivity (Wildman–Crippen MR) is 46.2 cm³/mol. The Labute approximate surface area is 67.9 Å². The van der Waals surface area contributed by atoms with Crippen LogP contribution in [0.15, 0.2) is 24.8 Å². The van der Waals surface area contributed by atoms with Crippen molar-refractivity contribution in [2.45, 2.75) is 13.8 Å². The third-order valence-corrected chi connectivity index (χ3v) is 0.978. The Morgan fingerprint density at radius 2 is 1.64 bits per heavy atom. The van der Waals surface area contributed by atoms with Gasteiger partial charge in [0, 0.05) is 12.4 Å². The van der Waals surface area contributed by atoms with Gasteiger partial charge < -0.3 is 5.32 Å². The average Bonchev–Trinajstić information content (AvgIpc) is 2.10. The molecule has 0 saturated heterocycles. The monoisotopic (exact) mass is 153 g/mol. The van der Waals surface area contributed by atoms with E-state index < -0.39 is 0 Å². The van der Waals surface area contributed by atoms with Gasteiger partial charge in [0.25, 0.3) is 0 Å². The fourth-order valence-corrected chi connectivity index (χ4v) is 0.503. The van der Waals surface area contributed by atoms with Crippen LogP contribution < -0.4 is 5.32 Å². The summed E-state index contributed by atoms with van der Waals surface area (Å²) in [6.45, 7) is 6.39. The van der Waals surface area contributed by atoms with E-state index in [1.807, 2.05) is 0 Å². The van der Waals surface area contributed by atoms with Gasteiger partial charge in [-0.1, -0.05) is 13.8 Å². The van der Waals surface area contributed by atoms with Crippen molar-refractivity contribution in [2.75, 3.05) is 13.1 Å². The molecular formula is C8H15N3. The van der Waals surface area contributed by atoms with Crippen molar-refractivity contribution in [1.29, 1.82) is 0 Å². The van der Waals surface area contributed by atoms with Crippen molar-refractivity contribution >= 4 is 0 Å². The lowest BCUT2D eigenvalue weighted by Crippen LogP contribution is -2.09. The first-order valence-corrected chi connectivity index (χ1v) is 3.82. The number of aromatic nitrogens is 2. The zero-order valence-corrected chi connectivity index (χ0v) is 7.12. The summed E-state index contributed by atoms with van der Waals surface area (Å²) in [6.07, 6.45) is 4.88. The van der Waals surface area contributed by atoms with E-state index in [1.54, 1.807) is 18.5 Å². The second-order valence-electron chi connectivity index (χ2n) is 1.86. The highest BCUT2D eigenvalue weighted by Crippen LogP contribution is 1.66. The molecule has 0 fully saturated rings. The fraction of sp³-hybridized carbons (Fsp3) is 0.500. The van der Waals surface area contributed by atoms with Gasteiger partial charge in [0.2, 0.25) is 0 Å². The molecule has 0 spiro atoms. The summed E-state index contributed by atoms with van der Waals surface area (Å²) in [7, 11) is 0. The van der Waals surface area contributed by atoms with E-state index in [4.69, 9.17) is 0 Å². The Hall–Kier alpha value is -0.960. The molecule has 0 atom stereocenters. The van der Waals surface area contributed by atoms with E-state index in [9.17, 15) is 0 Å². The Morgan fingerprint density at radius 3 is 1.73 bits per heavy atom. The van der Waals surface area contributed by atoms with Crippen LogP contribution in [0.2, 0.25) is 0 Å². The van der Waals surface area contributed by atoms with Crippen LogP contribution in [0.5, 0.6) is 0 Å². The van der Waals surface area contributed by atoms with Crippen molar-refractivity contribution < 1.29 is 0 Å². The van der Waals surface area contributed by atoms with Crippen LogP contribution in [-0.4, -0.2) is 23.1 Å². The molecule has 1 N–H and O–H groups in total. The molecule has 0 aromatic carbocycles. The molecule has 3 nitrogen and oxygen atoms in total. The van der Waals surface area contributed by atoms with Crippen LogP contribution >= 0.6 is 0 Å². The zero-order valence-electron chi connectivity index (χ0n) is 7.12. The molecule has 1 heterocycles. The quantitative estimate of drug-likeness (QED) is 0.691. The summed E-state index contributed by atoms with van der Waals surface area (Å²) in [5.74, 6) is 0. The Balaban J connectivity index is 0.000000187. The molecule has 0 radical (unpaired) electrons. The first kappa shape index (κ1) is 10.0. The maximum atomic E-state index is 3.67. The molecule has 0 aliphatic heterocycles. The summed E-state index contributed by atoms with van der Waals surface area (Å²) in [5, 5.41) is 3.11. The molecule has 11 heavy (non-hydrogen) atoms. The first-order chi connectivity index (χ1) is 5.41. The van der Waals surface area contributed by atoms with Crippen molar-refractivity contribution in [2.24, 2.45) is 0 Å².